The van der Waals surface area contributed by atoms with Crippen molar-refractivity contribution in [1.82, 2.24) is 10.3 Å². The van der Waals surface area contributed by atoms with Gasteiger partial charge >= 0.3 is 5.97 Å². The van der Waals surface area contributed by atoms with E-state index < -0.39 is 23.2 Å². The molecule has 1 aromatic carbocycles. The van der Waals surface area contributed by atoms with Crippen LogP contribution in [0.2, 0.25) is 0 Å². The highest BCUT2D eigenvalue weighted by molar-refractivity contribution is 6.45. The number of ketones is 1. The molecule has 1 amide bonds. The van der Waals surface area contributed by atoms with Crippen LogP contribution in [0, 0.1) is 0 Å². The van der Waals surface area contributed by atoms with Gasteiger partial charge < -0.3 is 15.4 Å². The maximum absolute atomic E-state index is 12.4. The Labute approximate surface area is 132 Å². The molecule has 0 atom stereocenters. The Morgan fingerprint density at radius 1 is 1.09 bits per heavy atom. The van der Waals surface area contributed by atoms with Crippen molar-refractivity contribution in [2.75, 3.05) is 0 Å². The number of H-pyrrole nitrogens is 1. The molecule has 0 unspecified atom stereocenters. The molecule has 1 aliphatic carbocycles. The van der Waals surface area contributed by atoms with Crippen LogP contribution < -0.4 is 5.32 Å². The van der Waals surface area contributed by atoms with Crippen LogP contribution >= 0.6 is 0 Å². The smallest absolute Gasteiger partial charge is 0.329 e. The molecule has 120 valence electrons. The molecule has 0 spiro atoms. The van der Waals surface area contributed by atoms with Crippen LogP contribution in [-0.2, 0) is 9.59 Å². The van der Waals surface area contributed by atoms with Crippen LogP contribution in [-0.4, -0.2) is 33.3 Å². The number of amides is 1. The number of hydrogen-bond donors (Lipinski definition) is 3. The molecule has 2 aromatic rings. The number of benzene rings is 1. The molecule has 0 radical (unpaired) electrons. The second kappa shape index (κ2) is 5.87. The molecule has 1 saturated carbocycles. The van der Waals surface area contributed by atoms with Gasteiger partial charge in [-0.15, -0.1) is 0 Å². The number of aromatic amines is 1. The topological polar surface area (TPSA) is 99.3 Å². The lowest BCUT2D eigenvalue weighted by Crippen LogP contribution is -2.57. The van der Waals surface area contributed by atoms with Crippen LogP contribution in [0.5, 0.6) is 0 Å². The van der Waals surface area contributed by atoms with Gasteiger partial charge in [-0.2, -0.15) is 0 Å². The van der Waals surface area contributed by atoms with Gasteiger partial charge in [-0.05, 0) is 18.9 Å². The van der Waals surface area contributed by atoms with E-state index in [9.17, 15) is 19.5 Å². The van der Waals surface area contributed by atoms with Gasteiger partial charge in [0, 0.05) is 17.1 Å². The van der Waals surface area contributed by atoms with Gasteiger partial charge in [0.2, 0.25) is 0 Å². The largest absolute Gasteiger partial charge is 0.480 e. The molecule has 23 heavy (non-hydrogen) atoms. The van der Waals surface area contributed by atoms with Crippen molar-refractivity contribution in [3.05, 3.63) is 36.0 Å². The highest BCUT2D eigenvalue weighted by atomic mass is 16.4. The molecule has 6 heteroatoms. The summed E-state index contributed by atoms with van der Waals surface area (Å²) >= 11 is 0. The Hall–Kier alpha value is -2.63. The first-order valence-corrected chi connectivity index (χ1v) is 7.70. The zero-order valence-corrected chi connectivity index (χ0v) is 12.6. The number of para-hydroxylation sites is 1. The quantitative estimate of drug-likeness (QED) is 0.595. The second-order valence-electron chi connectivity index (χ2n) is 5.98. The first-order chi connectivity index (χ1) is 11.0. The summed E-state index contributed by atoms with van der Waals surface area (Å²) in [7, 11) is 0. The fraction of sp³-hybridized carbons (Fsp3) is 0.353. The van der Waals surface area contributed by atoms with E-state index in [1.165, 1.54) is 6.20 Å². The molecule has 0 saturated heterocycles. The van der Waals surface area contributed by atoms with Gasteiger partial charge in [-0.1, -0.05) is 37.5 Å². The Kier molecular flexibility index (Phi) is 3.90. The van der Waals surface area contributed by atoms with E-state index >= 15 is 0 Å². The van der Waals surface area contributed by atoms with E-state index in [2.05, 4.69) is 10.3 Å². The number of aromatic nitrogens is 1. The Balaban J connectivity index is 1.85. The summed E-state index contributed by atoms with van der Waals surface area (Å²) in [6.07, 6.45) is 4.61. The highest BCUT2D eigenvalue weighted by Gasteiger charge is 2.42. The summed E-state index contributed by atoms with van der Waals surface area (Å²) in [5.74, 6) is -2.65. The molecule has 0 bridgehead atoms. The van der Waals surface area contributed by atoms with Gasteiger partial charge in [0.05, 0.1) is 5.56 Å². The van der Waals surface area contributed by atoms with Crippen molar-refractivity contribution in [2.45, 2.75) is 37.6 Å². The maximum atomic E-state index is 12.4. The summed E-state index contributed by atoms with van der Waals surface area (Å²) in [4.78, 5) is 39.3. The molecular weight excluding hydrogens is 296 g/mol. The maximum Gasteiger partial charge on any atom is 0.329 e. The third-order valence-corrected chi connectivity index (χ3v) is 4.51. The summed E-state index contributed by atoms with van der Waals surface area (Å²) in [6.45, 7) is 0. The minimum Gasteiger partial charge on any atom is -0.480 e. The Morgan fingerprint density at radius 3 is 2.48 bits per heavy atom. The van der Waals surface area contributed by atoms with Gasteiger partial charge in [0.1, 0.15) is 5.54 Å². The Morgan fingerprint density at radius 2 is 1.78 bits per heavy atom. The fourth-order valence-electron chi connectivity index (χ4n) is 3.20. The van der Waals surface area contributed by atoms with Crippen molar-refractivity contribution in [1.29, 1.82) is 0 Å². The average Bonchev–Trinajstić information content (AvgIpc) is 2.98. The summed E-state index contributed by atoms with van der Waals surface area (Å²) in [6, 6.07) is 7.17. The number of carbonyl (C=O) groups is 3. The van der Waals surface area contributed by atoms with Gasteiger partial charge in [-0.3, -0.25) is 9.59 Å². The highest BCUT2D eigenvalue weighted by Crippen LogP contribution is 2.29. The van der Waals surface area contributed by atoms with Gasteiger partial charge in [0.25, 0.3) is 11.7 Å². The zero-order chi connectivity index (χ0) is 16.4. The van der Waals surface area contributed by atoms with E-state index in [1.54, 1.807) is 12.1 Å². The van der Waals surface area contributed by atoms with Crippen molar-refractivity contribution in [3.63, 3.8) is 0 Å². The summed E-state index contributed by atoms with van der Waals surface area (Å²) in [5.41, 5.74) is -0.305. The van der Waals surface area contributed by atoms with E-state index in [0.717, 1.165) is 24.8 Å². The number of rotatable bonds is 4. The first kappa shape index (κ1) is 15.3. The monoisotopic (exact) mass is 314 g/mol. The van der Waals surface area contributed by atoms with Gasteiger partial charge in [0.15, 0.2) is 0 Å². The van der Waals surface area contributed by atoms with E-state index in [1.807, 2.05) is 12.1 Å². The van der Waals surface area contributed by atoms with Crippen LogP contribution in [0.3, 0.4) is 0 Å². The van der Waals surface area contributed by atoms with E-state index in [4.69, 9.17) is 0 Å². The molecule has 1 aliphatic rings. The minimum atomic E-state index is -1.32. The average molecular weight is 314 g/mol. The molecule has 1 heterocycles. The standard InChI is InChI=1S/C17H18N2O4/c20-14(12-10-18-13-7-3-2-6-11(12)13)15(21)19-17(16(22)23)8-4-1-5-9-17/h2-3,6-7,10,18H,1,4-5,8-9H2,(H,19,21)(H,22,23). The number of nitrogens with one attached hydrogen (secondary N) is 2. The third-order valence-electron chi connectivity index (χ3n) is 4.51. The number of aliphatic carboxylic acids is 1. The normalized spacial score (nSPS) is 16.9. The summed E-state index contributed by atoms with van der Waals surface area (Å²) < 4.78 is 0. The molecule has 1 aromatic heterocycles. The van der Waals surface area contributed by atoms with Crippen molar-refractivity contribution in [2.24, 2.45) is 0 Å². The van der Waals surface area contributed by atoms with Crippen molar-refractivity contribution >= 4 is 28.6 Å². The van der Waals surface area contributed by atoms with Crippen LogP contribution in [0.25, 0.3) is 10.9 Å². The third kappa shape index (κ3) is 2.72. The number of carboxylic acid groups (broad SMARTS) is 1. The lowest BCUT2D eigenvalue weighted by atomic mass is 9.81. The number of carbonyl (C=O) groups excluding carboxylic acids is 2. The van der Waals surface area contributed by atoms with Crippen molar-refractivity contribution < 1.29 is 19.5 Å². The fourth-order valence-corrected chi connectivity index (χ4v) is 3.20. The molecule has 3 rings (SSSR count). The molecule has 3 N–H and O–H groups in total. The van der Waals surface area contributed by atoms with E-state index in [0.29, 0.717) is 18.2 Å². The lowest BCUT2D eigenvalue weighted by molar-refractivity contribution is -0.148. The van der Waals surface area contributed by atoms with Crippen molar-refractivity contribution in [3.8, 4) is 0 Å². The molecule has 1 fully saturated rings. The number of fused-ring (bicyclic) bond motifs is 1. The predicted octanol–water partition coefficient (Wildman–Crippen LogP) is 2.25. The van der Waals surface area contributed by atoms with Crippen LogP contribution in [0.1, 0.15) is 42.5 Å². The predicted molar refractivity (Wildman–Crippen MR) is 84.2 cm³/mol. The number of hydrogen-bond acceptors (Lipinski definition) is 3. The molecule has 0 aliphatic heterocycles. The van der Waals surface area contributed by atoms with Crippen LogP contribution in [0.4, 0.5) is 0 Å². The van der Waals surface area contributed by atoms with Gasteiger partial charge in [-0.25, -0.2) is 4.79 Å². The molecular formula is C17H18N2O4. The minimum absolute atomic E-state index is 0.259. The van der Waals surface area contributed by atoms with Crippen LogP contribution in [0.15, 0.2) is 30.5 Å². The summed E-state index contributed by atoms with van der Waals surface area (Å²) in [5, 5.41) is 12.6. The lowest BCUT2D eigenvalue weighted by Gasteiger charge is -2.33. The second-order valence-corrected chi connectivity index (χ2v) is 5.98. The zero-order valence-electron chi connectivity index (χ0n) is 12.6. The molecule has 6 nitrogen and oxygen atoms in total. The SMILES string of the molecule is O=C(NC1(C(=O)O)CCCCC1)C(=O)c1c[nH]c2ccccc12. The van der Waals surface area contributed by atoms with E-state index in [-0.39, 0.29) is 5.56 Å². The number of Topliss-reactive ketones (excluding diaryl/α,β-unsaturated/α-hetero) is 1. The number of carboxylic acids is 1. The first-order valence-electron chi connectivity index (χ1n) is 7.70. The Bertz CT molecular complexity index is 772.